The van der Waals surface area contributed by atoms with Crippen molar-refractivity contribution in [1.29, 1.82) is 0 Å². The lowest BCUT2D eigenvalue weighted by molar-refractivity contribution is 0.566. The molecule has 0 amide bonds. The van der Waals surface area contributed by atoms with Crippen LogP contribution in [0.2, 0.25) is 0 Å². The smallest absolute Gasteiger partial charge is 0.132 e. The Morgan fingerprint density at radius 2 is 2.15 bits per heavy atom. The van der Waals surface area contributed by atoms with Gasteiger partial charge in [0.25, 0.3) is 0 Å². The predicted octanol–water partition coefficient (Wildman–Crippen LogP) is 2.67. The van der Waals surface area contributed by atoms with Crippen molar-refractivity contribution in [2.45, 2.75) is 45.6 Å². The molecule has 0 bridgehead atoms. The van der Waals surface area contributed by atoms with E-state index in [9.17, 15) is 0 Å². The minimum Gasteiger partial charge on any atom is -0.370 e. The molecule has 0 radical (unpaired) electrons. The van der Waals surface area contributed by atoms with Crippen LogP contribution in [0, 0.1) is 13.8 Å². The van der Waals surface area contributed by atoms with E-state index in [0.717, 1.165) is 42.5 Å². The summed E-state index contributed by atoms with van der Waals surface area (Å²) in [7, 11) is 0. The maximum atomic E-state index is 4.42. The summed E-state index contributed by atoms with van der Waals surface area (Å²) in [6.45, 7) is 5.93. The zero-order valence-electron chi connectivity index (χ0n) is 12.1. The van der Waals surface area contributed by atoms with Crippen LogP contribution in [0.15, 0.2) is 18.6 Å². The van der Waals surface area contributed by atoms with E-state index in [-0.39, 0.29) is 0 Å². The van der Waals surface area contributed by atoms with Crippen molar-refractivity contribution < 1.29 is 0 Å². The van der Waals surface area contributed by atoms with Crippen molar-refractivity contribution in [3.8, 4) is 0 Å². The Labute approximate surface area is 119 Å². The Hall–Kier alpha value is -1.91. The van der Waals surface area contributed by atoms with E-state index in [2.05, 4.69) is 38.1 Å². The molecule has 2 heterocycles. The van der Waals surface area contributed by atoms with Crippen LogP contribution < -0.4 is 5.32 Å². The van der Waals surface area contributed by atoms with Gasteiger partial charge in [-0.1, -0.05) is 0 Å². The lowest BCUT2D eigenvalue weighted by Crippen LogP contribution is -2.11. The number of aryl methyl sites for hydroxylation is 2. The van der Waals surface area contributed by atoms with Crippen molar-refractivity contribution in [3.63, 3.8) is 0 Å². The fourth-order valence-electron chi connectivity index (χ4n) is 2.41. The third kappa shape index (κ3) is 2.81. The second-order valence-electron chi connectivity index (χ2n) is 5.47. The average Bonchev–Trinajstić information content (AvgIpc) is 3.19. The molecule has 1 aliphatic rings. The molecule has 0 aliphatic heterocycles. The number of hydrogen-bond donors (Lipinski definition) is 1. The highest BCUT2D eigenvalue weighted by atomic mass is 15.3. The van der Waals surface area contributed by atoms with Gasteiger partial charge in [-0.05, 0) is 39.2 Å². The molecule has 1 N–H and O–H groups in total. The Balaban J connectivity index is 1.50. The predicted molar refractivity (Wildman–Crippen MR) is 78.8 cm³/mol. The number of rotatable bonds is 6. The fourth-order valence-corrected chi connectivity index (χ4v) is 2.41. The van der Waals surface area contributed by atoms with Crippen molar-refractivity contribution in [2.24, 2.45) is 0 Å². The fraction of sp³-hybridized carbons (Fsp3) is 0.533. The Morgan fingerprint density at radius 1 is 1.30 bits per heavy atom. The minimum atomic E-state index is 0.761. The molecule has 0 saturated heterocycles. The molecule has 2 aromatic rings. The van der Waals surface area contributed by atoms with Gasteiger partial charge in [0.15, 0.2) is 0 Å². The van der Waals surface area contributed by atoms with E-state index in [1.165, 1.54) is 18.5 Å². The van der Waals surface area contributed by atoms with Gasteiger partial charge >= 0.3 is 0 Å². The molecule has 106 valence electrons. The van der Waals surface area contributed by atoms with Gasteiger partial charge in [-0.2, -0.15) is 5.10 Å². The summed E-state index contributed by atoms with van der Waals surface area (Å²) in [6.07, 6.45) is 7.22. The molecular formula is C15H21N5. The summed E-state index contributed by atoms with van der Waals surface area (Å²) >= 11 is 0. The number of nitrogens with zero attached hydrogens (tertiary/aromatic N) is 4. The Bertz CT molecular complexity index is 586. The number of anilines is 1. The Morgan fingerprint density at radius 3 is 2.95 bits per heavy atom. The van der Waals surface area contributed by atoms with Crippen molar-refractivity contribution in [1.82, 2.24) is 19.7 Å². The highest BCUT2D eigenvalue weighted by Crippen LogP contribution is 2.39. The van der Waals surface area contributed by atoms with E-state index < -0.39 is 0 Å². The van der Waals surface area contributed by atoms with Crippen LogP contribution in [0.3, 0.4) is 0 Å². The lowest BCUT2D eigenvalue weighted by Gasteiger charge is -2.10. The van der Waals surface area contributed by atoms with Gasteiger partial charge in [0.05, 0.1) is 0 Å². The van der Waals surface area contributed by atoms with Crippen LogP contribution in [0.25, 0.3) is 0 Å². The molecule has 3 rings (SSSR count). The number of hydrogen-bond acceptors (Lipinski definition) is 4. The van der Waals surface area contributed by atoms with Crippen LogP contribution in [-0.4, -0.2) is 26.3 Å². The third-order valence-electron chi connectivity index (χ3n) is 3.92. The average molecular weight is 271 g/mol. The van der Waals surface area contributed by atoms with Gasteiger partial charge in [0, 0.05) is 42.2 Å². The molecule has 2 aromatic heterocycles. The second-order valence-corrected chi connectivity index (χ2v) is 5.47. The van der Waals surface area contributed by atoms with Gasteiger partial charge in [-0.15, -0.1) is 0 Å². The van der Waals surface area contributed by atoms with Crippen LogP contribution >= 0.6 is 0 Å². The maximum absolute atomic E-state index is 4.42. The summed E-state index contributed by atoms with van der Waals surface area (Å²) in [6, 6.07) is 2.16. The zero-order chi connectivity index (χ0) is 13.9. The quantitative estimate of drug-likeness (QED) is 0.821. The first-order valence-electron chi connectivity index (χ1n) is 7.29. The van der Waals surface area contributed by atoms with E-state index in [1.807, 2.05) is 13.1 Å². The molecular weight excluding hydrogens is 250 g/mol. The topological polar surface area (TPSA) is 55.6 Å². The first-order valence-corrected chi connectivity index (χ1v) is 7.29. The van der Waals surface area contributed by atoms with Crippen LogP contribution in [0.5, 0.6) is 0 Å². The van der Waals surface area contributed by atoms with Gasteiger partial charge in [0.2, 0.25) is 0 Å². The van der Waals surface area contributed by atoms with Gasteiger partial charge in [-0.25, -0.2) is 9.97 Å². The molecule has 5 nitrogen and oxygen atoms in total. The zero-order valence-corrected chi connectivity index (χ0v) is 12.1. The monoisotopic (exact) mass is 271 g/mol. The Kier molecular flexibility index (Phi) is 3.67. The molecule has 0 atom stereocenters. The highest BCUT2D eigenvalue weighted by molar-refractivity contribution is 5.44. The van der Waals surface area contributed by atoms with Crippen molar-refractivity contribution >= 4 is 5.82 Å². The SMILES string of the molecule is Cc1ncnc(NCCCn2nccc2C2CC2)c1C. The summed E-state index contributed by atoms with van der Waals surface area (Å²) in [5, 5.41) is 7.81. The van der Waals surface area contributed by atoms with E-state index in [4.69, 9.17) is 0 Å². The summed E-state index contributed by atoms with van der Waals surface area (Å²) in [4.78, 5) is 8.47. The second kappa shape index (κ2) is 5.61. The van der Waals surface area contributed by atoms with Gasteiger partial charge in [0.1, 0.15) is 12.1 Å². The number of nitrogens with one attached hydrogen (secondary N) is 1. The normalized spacial score (nSPS) is 14.5. The first-order chi connectivity index (χ1) is 9.75. The number of aromatic nitrogens is 4. The van der Waals surface area contributed by atoms with Crippen molar-refractivity contribution in [2.75, 3.05) is 11.9 Å². The van der Waals surface area contributed by atoms with E-state index in [0.29, 0.717) is 0 Å². The van der Waals surface area contributed by atoms with Gasteiger partial charge in [-0.3, -0.25) is 4.68 Å². The van der Waals surface area contributed by atoms with Crippen molar-refractivity contribution in [3.05, 3.63) is 35.5 Å². The third-order valence-corrected chi connectivity index (χ3v) is 3.92. The maximum Gasteiger partial charge on any atom is 0.132 e. The van der Waals surface area contributed by atoms with Crippen LogP contribution in [-0.2, 0) is 6.54 Å². The molecule has 1 aliphatic carbocycles. The van der Waals surface area contributed by atoms with E-state index >= 15 is 0 Å². The molecule has 0 spiro atoms. The standard InChI is InChI=1S/C15H21N5/c1-11-12(2)17-10-18-15(11)16-7-3-9-20-14(6-8-19-20)13-4-5-13/h6,8,10,13H,3-5,7,9H2,1-2H3,(H,16,17,18). The summed E-state index contributed by atoms with van der Waals surface area (Å²) < 4.78 is 2.15. The minimum absolute atomic E-state index is 0.761. The molecule has 0 aromatic carbocycles. The van der Waals surface area contributed by atoms with E-state index in [1.54, 1.807) is 6.33 Å². The molecule has 0 unspecified atom stereocenters. The molecule has 20 heavy (non-hydrogen) atoms. The summed E-state index contributed by atoms with van der Waals surface area (Å²) in [5.41, 5.74) is 3.56. The molecule has 5 heteroatoms. The first kappa shape index (κ1) is 13.1. The van der Waals surface area contributed by atoms with Crippen LogP contribution in [0.1, 0.15) is 42.1 Å². The van der Waals surface area contributed by atoms with Gasteiger partial charge < -0.3 is 5.32 Å². The highest BCUT2D eigenvalue weighted by Gasteiger charge is 2.26. The lowest BCUT2D eigenvalue weighted by atomic mass is 10.2. The molecule has 1 fully saturated rings. The van der Waals surface area contributed by atoms with Crippen LogP contribution in [0.4, 0.5) is 5.82 Å². The summed E-state index contributed by atoms with van der Waals surface area (Å²) in [5.74, 6) is 1.71. The largest absolute Gasteiger partial charge is 0.370 e. The molecule has 1 saturated carbocycles.